The summed E-state index contributed by atoms with van der Waals surface area (Å²) in [6, 6.07) is 33.6. The summed E-state index contributed by atoms with van der Waals surface area (Å²) in [5, 5.41) is 2.55. The maximum Gasteiger partial charge on any atom is 0 e. The summed E-state index contributed by atoms with van der Waals surface area (Å²) < 4.78 is 12.2. The smallest absolute Gasteiger partial charge is 0 e. The number of rotatable bonds is 4. The third-order valence-corrected chi connectivity index (χ3v) is 12.2. The molecule has 0 aliphatic heterocycles. The van der Waals surface area contributed by atoms with Gasteiger partial charge in [-0.15, -0.1) is 23.3 Å². The molecule has 5 heteroatoms. The van der Waals surface area contributed by atoms with E-state index in [-0.39, 0.29) is 20.1 Å². The first kappa shape index (κ1) is 28.9. The fourth-order valence-corrected chi connectivity index (χ4v) is 7.87. The fraction of sp³-hybridized carbons (Fsp3) is 0.200. The van der Waals surface area contributed by atoms with Crippen LogP contribution in [0.25, 0.3) is 42.7 Å². The van der Waals surface area contributed by atoms with Crippen molar-refractivity contribution in [3.05, 3.63) is 115 Å². The molecule has 1 radical (unpaired) electrons. The standard InChI is InChI=1S/C21H18NS.C14H16GeN.Ir/c1-13(2)15-8-9-22-19(12-15)18-11-14(3)10-17-16-6-4-5-7-20(16)23-21(17)18;1-15(2,3)13-9-10-14(16-11-13)12-7-5-4-6-8-12;/h4-10,12-13H,1-3H3;4-7,9-11H,1-3H3;/q2*-1;/i13D;;. The van der Waals surface area contributed by atoms with Crippen LogP contribution in [0.5, 0.6) is 0 Å². The van der Waals surface area contributed by atoms with Crippen LogP contribution < -0.4 is 4.40 Å². The van der Waals surface area contributed by atoms with E-state index >= 15 is 0 Å². The van der Waals surface area contributed by atoms with Crippen LogP contribution >= 0.6 is 11.3 Å². The molecule has 0 spiro atoms. The second-order valence-corrected chi connectivity index (χ2v) is 22.8. The van der Waals surface area contributed by atoms with Gasteiger partial charge < -0.3 is 4.98 Å². The van der Waals surface area contributed by atoms with E-state index in [1.165, 1.54) is 24.6 Å². The van der Waals surface area contributed by atoms with E-state index in [1.54, 1.807) is 17.5 Å². The first-order valence-corrected chi connectivity index (χ1v) is 21.4. The first-order chi connectivity index (χ1) is 19.0. The summed E-state index contributed by atoms with van der Waals surface area (Å²) in [6.45, 7) is 5.88. The molecule has 0 atom stereocenters. The number of hydrogen-bond donors (Lipinski definition) is 0. The molecule has 6 aromatic rings. The summed E-state index contributed by atoms with van der Waals surface area (Å²) in [5.41, 5.74) is 6.09. The molecule has 40 heavy (non-hydrogen) atoms. The molecule has 3 heterocycles. The molecular weight excluding hydrogens is 745 g/mol. The van der Waals surface area contributed by atoms with Crippen molar-refractivity contribution in [3.8, 4) is 22.5 Å². The van der Waals surface area contributed by atoms with Crippen molar-refractivity contribution < 1.29 is 21.5 Å². The second-order valence-electron chi connectivity index (χ2n) is 11.1. The molecule has 0 saturated carbocycles. The number of fused-ring (bicyclic) bond motifs is 3. The Labute approximate surface area is 260 Å². The van der Waals surface area contributed by atoms with Crippen LogP contribution in [0.4, 0.5) is 0 Å². The van der Waals surface area contributed by atoms with Crippen LogP contribution in [0.15, 0.2) is 91.3 Å². The number of pyridine rings is 2. The van der Waals surface area contributed by atoms with Gasteiger partial charge in [-0.05, 0) is 33.8 Å². The third-order valence-electron chi connectivity index (χ3n) is 6.75. The van der Waals surface area contributed by atoms with Gasteiger partial charge in [0.25, 0.3) is 0 Å². The van der Waals surface area contributed by atoms with Gasteiger partial charge in [-0.1, -0.05) is 56.0 Å². The molecule has 6 rings (SSSR count). The van der Waals surface area contributed by atoms with Gasteiger partial charge in [0.1, 0.15) is 0 Å². The predicted molar refractivity (Wildman–Crippen MR) is 172 cm³/mol. The summed E-state index contributed by atoms with van der Waals surface area (Å²) in [6.07, 6.45) is 3.84. The van der Waals surface area contributed by atoms with Crippen LogP contribution in [0.2, 0.25) is 17.3 Å². The maximum atomic E-state index is 8.29. The van der Waals surface area contributed by atoms with E-state index in [0.29, 0.717) is 0 Å². The van der Waals surface area contributed by atoms with Gasteiger partial charge in [0.05, 0.1) is 0 Å². The number of benzene rings is 3. The van der Waals surface area contributed by atoms with Gasteiger partial charge in [0.15, 0.2) is 0 Å². The molecule has 3 aromatic carbocycles. The van der Waals surface area contributed by atoms with Gasteiger partial charge in [-0.25, -0.2) is 0 Å². The Kier molecular flexibility index (Phi) is 9.32. The Balaban J connectivity index is 0.000000200. The van der Waals surface area contributed by atoms with E-state index in [2.05, 4.69) is 88.8 Å². The SMILES string of the molecule is [2H]C(C)(C)c1ccnc(-c2[c-]c(C)cc3c2sc2ccccc23)c1.[CH3][Ge]([CH3])([CH3])[c]1ccc(-c2[c-]cccc2)nc1.[Ir]. The zero-order valence-electron chi connectivity index (χ0n) is 24.8. The largest absolute Gasteiger partial charge is 0 e. The molecule has 3 aromatic heterocycles. The number of hydrogen-bond acceptors (Lipinski definition) is 3. The van der Waals surface area contributed by atoms with E-state index in [1.807, 2.05) is 56.4 Å². The van der Waals surface area contributed by atoms with Crippen LogP contribution in [-0.4, -0.2) is 23.2 Å². The summed E-state index contributed by atoms with van der Waals surface area (Å²) in [4.78, 5) is 9.11. The molecule has 2 nitrogen and oxygen atoms in total. The number of aromatic nitrogens is 2. The summed E-state index contributed by atoms with van der Waals surface area (Å²) in [7, 11) is 0. The Bertz CT molecular complexity index is 1770. The number of aryl methyl sites for hydroxylation is 1. The van der Waals surface area contributed by atoms with Crippen LogP contribution in [-0.2, 0) is 20.1 Å². The topological polar surface area (TPSA) is 25.8 Å². The minimum atomic E-state index is -1.72. The minimum absolute atomic E-state index is 0. The van der Waals surface area contributed by atoms with E-state index in [9.17, 15) is 0 Å². The first-order valence-electron chi connectivity index (χ1n) is 13.8. The summed E-state index contributed by atoms with van der Waals surface area (Å²) in [5.74, 6) is 6.50. The molecule has 0 unspecified atom stereocenters. The van der Waals surface area contributed by atoms with Crippen molar-refractivity contribution in [2.24, 2.45) is 0 Å². The van der Waals surface area contributed by atoms with E-state index < -0.39 is 19.2 Å². The molecule has 0 fully saturated rings. The molecule has 0 aliphatic carbocycles. The van der Waals surface area contributed by atoms with Crippen LogP contribution in [0, 0.1) is 19.1 Å². The van der Waals surface area contributed by atoms with Gasteiger partial charge in [0.2, 0.25) is 0 Å². The van der Waals surface area contributed by atoms with Crippen molar-refractivity contribution in [3.63, 3.8) is 0 Å². The van der Waals surface area contributed by atoms with Crippen molar-refractivity contribution in [1.29, 1.82) is 0 Å². The van der Waals surface area contributed by atoms with Crippen molar-refractivity contribution in [2.45, 2.75) is 43.9 Å². The average molecular weight is 781 g/mol. The van der Waals surface area contributed by atoms with E-state index in [0.717, 1.165) is 33.6 Å². The quantitative estimate of drug-likeness (QED) is 0.132. The van der Waals surface area contributed by atoms with Crippen LogP contribution in [0.3, 0.4) is 0 Å². The normalized spacial score (nSPS) is 11.9. The third kappa shape index (κ3) is 6.80. The van der Waals surface area contributed by atoms with Crippen molar-refractivity contribution in [2.75, 3.05) is 0 Å². The zero-order chi connectivity index (χ0) is 28.5. The predicted octanol–water partition coefficient (Wildman–Crippen LogP) is 9.44. The Morgan fingerprint density at radius 1 is 0.875 bits per heavy atom. The molecule has 0 amide bonds. The fourth-order valence-electron chi connectivity index (χ4n) is 4.51. The molecule has 205 valence electrons. The minimum Gasteiger partial charge on any atom is 0 e. The van der Waals surface area contributed by atoms with Gasteiger partial charge in [0, 0.05) is 32.4 Å². The molecule has 0 aliphatic rings. The number of thiophene rings is 1. The van der Waals surface area contributed by atoms with Gasteiger partial charge >= 0.3 is 99.8 Å². The molecule has 0 bridgehead atoms. The van der Waals surface area contributed by atoms with Crippen LogP contribution in [0.1, 0.15) is 32.2 Å². The van der Waals surface area contributed by atoms with Crippen molar-refractivity contribution in [1.82, 2.24) is 9.97 Å². The molecular formula is C35H34GeIrN2S-2. The maximum absolute atomic E-state index is 8.29. The summed E-state index contributed by atoms with van der Waals surface area (Å²) >= 11 is 0.0712. The Morgan fingerprint density at radius 2 is 1.65 bits per heavy atom. The van der Waals surface area contributed by atoms with Gasteiger partial charge in [-0.2, -0.15) is 11.3 Å². The van der Waals surface area contributed by atoms with Gasteiger partial charge in [-0.3, -0.25) is 0 Å². The Morgan fingerprint density at radius 3 is 2.33 bits per heavy atom. The molecule has 0 N–H and O–H groups in total. The number of nitrogens with zero attached hydrogens (tertiary/aromatic N) is 2. The second kappa shape index (κ2) is 12.9. The Hall–Kier alpha value is -2.63. The zero-order valence-corrected chi connectivity index (χ0v) is 29.1. The average Bonchev–Trinajstić information content (AvgIpc) is 3.31. The monoisotopic (exact) mass is 782 g/mol. The molecule has 0 saturated heterocycles. The van der Waals surface area contributed by atoms with Crippen molar-refractivity contribution >= 4 is 49.2 Å². The van der Waals surface area contributed by atoms with E-state index in [4.69, 9.17) is 1.37 Å².